The van der Waals surface area contributed by atoms with E-state index in [2.05, 4.69) is 5.32 Å². The molecule has 0 saturated carbocycles. The van der Waals surface area contributed by atoms with Gasteiger partial charge in [-0.3, -0.25) is 9.10 Å². The zero-order valence-electron chi connectivity index (χ0n) is 16.7. The van der Waals surface area contributed by atoms with Crippen LogP contribution in [0.2, 0.25) is 0 Å². The van der Waals surface area contributed by atoms with Crippen LogP contribution in [0.15, 0.2) is 42.5 Å². The number of anilines is 1. The molecule has 1 amide bonds. The third-order valence-corrected chi connectivity index (χ3v) is 5.70. The minimum atomic E-state index is -3.49. The SMILES string of the molecule is CC[C@@H](NC(=O)c1ccccc1N(C)S(C)(=O)=O)c1ccc(OC)c(OC)c1. The average Bonchev–Trinajstić information content (AvgIpc) is 2.69. The lowest BCUT2D eigenvalue weighted by atomic mass is 10.0. The Morgan fingerprint density at radius 3 is 2.32 bits per heavy atom. The van der Waals surface area contributed by atoms with E-state index < -0.39 is 10.0 Å². The number of benzene rings is 2. The lowest BCUT2D eigenvalue weighted by Crippen LogP contribution is -2.32. The van der Waals surface area contributed by atoms with Crippen LogP contribution >= 0.6 is 0 Å². The number of hydrogen-bond donors (Lipinski definition) is 1. The molecule has 2 rings (SSSR count). The van der Waals surface area contributed by atoms with Crippen LogP contribution in [0.5, 0.6) is 11.5 Å². The van der Waals surface area contributed by atoms with Crippen LogP contribution in [0.4, 0.5) is 5.69 Å². The summed E-state index contributed by atoms with van der Waals surface area (Å²) in [6, 6.07) is 11.8. The summed E-state index contributed by atoms with van der Waals surface area (Å²) < 4.78 is 35.5. The summed E-state index contributed by atoms with van der Waals surface area (Å²) in [5, 5.41) is 2.98. The monoisotopic (exact) mass is 406 g/mol. The predicted octanol–water partition coefficient (Wildman–Crippen LogP) is 2.98. The van der Waals surface area contributed by atoms with Crippen LogP contribution in [0.1, 0.15) is 35.3 Å². The van der Waals surface area contributed by atoms with E-state index in [1.165, 1.54) is 7.05 Å². The van der Waals surface area contributed by atoms with Crippen LogP contribution in [-0.4, -0.2) is 41.8 Å². The van der Waals surface area contributed by atoms with Crippen molar-refractivity contribution in [1.29, 1.82) is 0 Å². The Labute approximate surface area is 166 Å². The molecule has 0 aliphatic heterocycles. The zero-order chi connectivity index (χ0) is 20.9. The number of nitrogens with zero attached hydrogens (tertiary/aromatic N) is 1. The van der Waals surface area contributed by atoms with Crippen LogP contribution in [0.25, 0.3) is 0 Å². The fourth-order valence-electron chi connectivity index (χ4n) is 2.85. The minimum absolute atomic E-state index is 0.274. The van der Waals surface area contributed by atoms with E-state index in [1.807, 2.05) is 19.1 Å². The molecular weight excluding hydrogens is 380 g/mol. The van der Waals surface area contributed by atoms with Gasteiger partial charge in [0.25, 0.3) is 5.91 Å². The molecule has 0 aliphatic carbocycles. The number of nitrogens with one attached hydrogen (secondary N) is 1. The third kappa shape index (κ3) is 4.75. The predicted molar refractivity (Wildman–Crippen MR) is 110 cm³/mol. The standard InChI is InChI=1S/C20H26N2O5S/c1-6-16(14-11-12-18(26-3)19(13-14)27-4)21-20(23)15-9-7-8-10-17(15)22(2)28(5,24)25/h7-13,16H,6H2,1-5H3,(H,21,23)/t16-/m1/s1. The van der Waals surface area contributed by atoms with E-state index in [4.69, 9.17) is 9.47 Å². The largest absolute Gasteiger partial charge is 0.493 e. The molecule has 152 valence electrons. The van der Waals surface area contributed by atoms with Gasteiger partial charge in [0, 0.05) is 7.05 Å². The number of ether oxygens (including phenoxy) is 2. The molecule has 0 spiro atoms. The van der Waals surface area contributed by atoms with Gasteiger partial charge in [0.05, 0.1) is 37.8 Å². The summed E-state index contributed by atoms with van der Waals surface area (Å²) in [6.07, 6.45) is 1.74. The first kappa shape index (κ1) is 21.6. The Morgan fingerprint density at radius 1 is 1.11 bits per heavy atom. The van der Waals surface area contributed by atoms with Gasteiger partial charge in [0.2, 0.25) is 10.0 Å². The Hall–Kier alpha value is -2.74. The van der Waals surface area contributed by atoms with Crippen molar-refractivity contribution in [1.82, 2.24) is 5.32 Å². The van der Waals surface area contributed by atoms with Gasteiger partial charge in [-0.15, -0.1) is 0 Å². The summed E-state index contributed by atoms with van der Waals surface area (Å²) in [5.41, 5.74) is 1.47. The number of methoxy groups -OCH3 is 2. The molecule has 28 heavy (non-hydrogen) atoms. The smallest absolute Gasteiger partial charge is 0.253 e. The van der Waals surface area contributed by atoms with Crippen molar-refractivity contribution in [3.05, 3.63) is 53.6 Å². The van der Waals surface area contributed by atoms with Crippen LogP contribution in [0.3, 0.4) is 0 Å². The van der Waals surface area contributed by atoms with Gasteiger partial charge >= 0.3 is 0 Å². The van der Waals surface area contributed by atoms with Gasteiger partial charge in [-0.25, -0.2) is 8.42 Å². The number of sulfonamides is 1. The van der Waals surface area contributed by atoms with Gasteiger partial charge < -0.3 is 14.8 Å². The van der Waals surface area contributed by atoms with E-state index in [-0.39, 0.29) is 17.5 Å². The molecular formula is C20H26N2O5S. The number of carbonyl (C=O) groups excluding carboxylic acids is 1. The van der Waals surface area contributed by atoms with Gasteiger partial charge in [0.15, 0.2) is 11.5 Å². The molecule has 0 fully saturated rings. The van der Waals surface area contributed by atoms with E-state index in [9.17, 15) is 13.2 Å². The molecule has 0 heterocycles. The molecule has 8 heteroatoms. The molecule has 0 radical (unpaired) electrons. The molecule has 1 atom stereocenters. The van der Waals surface area contributed by atoms with E-state index in [1.54, 1.807) is 44.6 Å². The van der Waals surface area contributed by atoms with Crippen LogP contribution < -0.4 is 19.1 Å². The van der Waals surface area contributed by atoms with E-state index in [0.717, 1.165) is 16.1 Å². The third-order valence-electron chi connectivity index (χ3n) is 4.51. The Balaban J connectivity index is 2.34. The molecule has 0 aromatic heterocycles. The van der Waals surface area contributed by atoms with Crippen molar-refractivity contribution in [2.75, 3.05) is 31.8 Å². The fraction of sp³-hybridized carbons (Fsp3) is 0.350. The maximum Gasteiger partial charge on any atom is 0.253 e. The maximum atomic E-state index is 12.9. The first-order valence-corrected chi connectivity index (χ1v) is 10.6. The second-order valence-electron chi connectivity index (χ2n) is 6.30. The summed E-state index contributed by atoms with van der Waals surface area (Å²) in [6.45, 7) is 1.95. The Morgan fingerprint density at radius 2 is 1.75 bits per heavy atom. The van der Waals surface area contributed by atoms with Crippen molar-refractivity contribution in [2.45, 2.75) is 19.4 Å². The highest BCUT2D eigenvalue weighted by Crippen LogP contribution is 2.31. The van der Waals surface area contributed by atoms with Crippen LogP contribution in [0, 0.1) is 0 Å². The lowest BCUT2D eigenvalue weighted by molar-refractivity contribution is 0.0936. The number of para-hydroxylation sites is 1. The highest BCUT2D eigenvalue weighted by atomic mass is 32.2. The van der Waals surface area contributed by atoms with Gasteiger partial charge in [0.1, 0.15) is 0 Å². The first-order chi connectivity index (χ1) is 13.2. The van der Waals surface area contributed by atoms with E-state index >= 15 is 0 Å². The molecule has 0 bridgehead atoms. The van der Waals surface area contributed by atoms with Crippen molar-refractivity contribution in [3.63, 3.8) is 0 Å². The Kier molecular flexibility index (Phi) is 6.90. The van der Waals surface area contributed by atoms with Gasteiger partial charge in [-0.2, -0.15) is 0 Å². The van der Waals surface area contributed by atoms with Crippen LogP contribution in [-0.2, 0) is 10.0 Å². The van der Waals surface area contributed by atoms with Gasteiger partial charge in [-0.05, 0) is 36.2 Å². The topological polar surface area (TPSA) is 84.9 Å². The summed E-state index contributed by atoms with van der Waals surface area (Å²) in [4.78, 5) is 12.9. The second-order valence-corrected chi connectivity index (χ2v) is 8.31. The second kappa shape index (κ2) is 8.97. The summed E-state index contributed by atoms with van der Waals surface area (Å²) in [5.74, 6) is 0.824. The minimum Gasteiger partial charge on any atom is -0.493 e. The molecule has 7 nitrogen and oxygen atoms in total. The van der Waals surface area contributed by atoms with Crippen molar-refractivity contribution in [3.8, 4) is 11.5 Å². The molecule has 1 N–H and O–H groups in total. The fourth-order valence-corrected chi connectivity index (χ4v) is 3.36. The number of carbonyl (C=O) groups is 1. The van der Waals surface area contributed by atoms with Gasteiger partial charge in [-0.1, -0.05) is 25.1 Å². The highest BCUT2D eigenvalue weighted by molar-refractivity contribution is 7.92. The van der Waals surface area contributed by atoms with Crippen molar-refractivity contribution < 1.29 is 22.7 Å². The Bertz CT molecular complexity index is 943. The zero-order valence-corrected chi connectivity index (χ0v) is 17.5. The molecule has 2 aromatic carbocycles. The maximum absolute atomic E-state index is 12.9. The molecule has 0 saturated heterocycles. The summed E-state index contributed by atoms with van der Waals surface area (Å²) in [7, 11) is 1.05. The molecule has 0 unspecified atom stereocenters. The number of rotatable bonds is 8. The number of amides is 1. The quantitative estimate of drug-likeness (QED) is 0.728. The summed E-state index contributed by atoms with van der Waals surface area (Å²) >= 11 is 0. The normalized spacial score (nSPS) is 12.2. The number of hydrogen-bond acceptors (Lipinski definition) is 5. The molecule has 2 aromatic rings. The average molecular weight is 407 g/mol. The lowest BCUT2D eigenvalue weighted by Gasteiger charge is -2.22. The first-order valence-electron chi connectivity index (χ1n) is 8.78. The van der Waals surface area contributed by atoms with Crippen molar-refractivity contribution >= 4 is 21.6 Å². The highest BCUT2D eigenvalue weighted by Gasteiger charge is 2.22. The molecule has 0 aliphatic rings. The van der Waals surface area contributed by atoms with Crippen molar-refractivity contribution in [2.24, 2.45) is 0 Å². The van der Waals surface area contributed by atoms with E-state index in [0.29, 0.717) is 23.6 Å².